The lowest BCUT2D eigenvalue weighted by atomic mass is 9.96. The van der Waals surface area contributed by atoms with Crippen LogP contribution >= 0.6 is 11.8 Å². The maximum Gasteiger partial charge on any atom is 0.233 e. The summed E-state index contributed by atoms with van der Waals surface area (Å²) in [6.07, 6.45) is 2.79. The van der Waals surface area contributed by atoms with Crippen molar-refractivity contribution in [2.24, 2.45) is 0 Å². The van der Waals surface area contributed by atoms with E-state index in [1.807, 2.05) is 66.1 Å². The number of nitrogens with one attached hydrogen (secondary N) is 1. The van der Waals surface area contributed by atoms with Crippen LogP contribution in [-0.2, 0) is 11.3 Å². The van der Waals surface area contributed by atoms with E-state index >= 15 is 0 Å². The summed E-state index contributed by atoms with van der Waals surface area (Å²) in [7, 11) is 0. The van der Waals surface area contributed by atoms with E-state index in [1.54, 1.807) is 0 Å². The van der Waals surface area contributed by atoms with E-state index in [0.717, 1.165) is 17.8 Å². The summed E-state index contributed by atoms with van der Waals surface area (Å²) in [5.74, 6) is 1.09. The average molecular weight is 421 g/mol. The zero-order valence-corrected chi connectivity index (χ0v) is 18.3. The second-order valence-corrected chi connectivity index (χ2v) is 8.40. The summed E-state index contributed by atoms with van der Waals surface area (Å²) in [6.45, 7) is 9.10. The molecule has 0 aliphatic rings. The predicted molar refractivity (Wildman–Crippen MR) is 123 cm³/mol. The molecular weight excluding hydrogens is 392 g/mol. The van der Waals surface area contributed by atoms with Gasteiger partial charge in [-0.15, -0.1) is 16.8 Å². The van der Waals surface area contributed by atoms with Gasteiger partial charge in [-0.1, -0.05) is 85.4 Å². The summed E-state index contributed by atoms with van der Waals surface area (Å²) in [6, 6.07) is 20.2. The van der Waals surface area contributed by atoms with Gasteiger partial charge in [0.2, 0.25) is 5.91 Å². The van der Waals surface area contributed by atoms with Crippen molar-refractivity contribution < 1.29 is 4.79 Å². The third-order valence-corrected chi connectivity index (χ3v) is 6.08. The van der Waals surface area contributed by atoms with E-state index in [-0.39, 0.29) is 11.2 Å². The van der Waals surface area contributed by atoms with E-state index in [4.69, 9.17) is 0 Å². The molecule has 156 valence electrons. The molecule has 2 atom stereocenters. The van der Waals surface area contributed by atoms with Crippen LogP contribution < -0.4 is 5.32 Å². The van der Waals surface area contributed by atoms with Gasteiger partial charge in [0.1, 0.15) is 0 Å². The number of rotatable bonds is 10. The molecule has 0 saturated carbocycles. The number of hydrogen-bond donors (Lipinski definition) is 1. The van der Waals surface area contributed by atoms with Crippen molar-refractivity contribution >= 4 is 17.7 Å². The van der Waals surface area contributed by atoms with Gasteiger partial charge in [0, 0.05) is 24.6 Å². The zero-order valence-electron chi connectivity index (χ0n) is 17.5. The third-order valence-electron chi connectivity index (χ3n) is 5.00. The van der Waals surface area contributed by atoms with Crippen LogP contribution in [0, 0.1) is 0 Å². The Bertz CT molecular complexity index is 956. The Labute approximate surface area is 182 Å². The van der Waals surface area contributed by atoms with E-state index in [9.17, 15) is 4.79 Å². The maximum absolute atomic E-state index is 12.7. The van der Waals surface area contributed by atoms with Gasteiger partial charge in [0.15, 0.2) is 11.0 Å². The number of thioether (sulfide) groups is 1. The van der Waals surface area contributed by atoms with E-state index in [1.165, 1.54) is 17.3 Å². The lowest BCUT2D eigenvalue weighted by Gasteiger charge is -2.18. The third kappa shape index (κ3) is 5.39. The molecule has 3 aromatic rings. The molecule has 0 aliphatic heterocycles. The van der Waals surface area contributed by atoms with E-state index in [0.29, 0.717) is 24.2 Å². The predicted octanol–water partition coefficient (Wildman–Crippen LogP) is 4.92. The molecule has 30 heavy (non-hydrogen) atoms. The monoisotopic (exact) mass is 420 g/mol. The van der Waals surface area contributed by atoms with Crippen LogP contribution in [-0.4, -0.2) is 32.5 Å². The van der Waals surface area contributed by atoms with Gasteiger partial charge in [-0.2, -0.15) is 0 Å². The van der Waals surface area contributed by atoms with Gasteiger partial charge in [0.05, 0.1) is 5.25 Å². The summed E-state index contributed by atoms with van der Waals surface area (Å²) < 4.78 is 2.00. The minimum atomic E-state index is -0.283. The van der Waals surface area contributed by atoms with Crippen molar-refractivity contribution in [1.82, 2.24) is 20.1 Å². The zero-order chi connectivity index (χ0) is 21.3. The van der Waals surface area contributed by atoms with E-state index < -0.39 is 0 Å². The molecule has 0 radical (unpaired) electrons. The number of allylic oxidation sites excluding steroid dienone is 1. The first kappa shape index (κ1) is 21.8. The number of carbonyl (C=O) groups excluding carboxylic acids is 1. The summed E-state index contributed by atoms with van der Waals surface area (Å²) in [4.78, 5) is 12.7. The van der Waals surface area contributed by atoms with Crippen LogP contribution in [0.2, 0.25) is 0 Å². The second kappa shape index (κ2) is 10.8. The first-order valence-corrected chi connectivity index (χ1v) is 11.1. The lowest BCUT2D eigenvalue weighted by Crippen LogP contribution is -2.34. The van der Waals surface area contributed by atoms with Crippen molar-refractivity contribution in [3.8, 4) is 11.4 Å². The highest BCUT2D eigenvalue weighted by molar-refractivity contribution is 8.00. The first-order valence-electron chi connectivity index (χ1n) is 10.2. The van der Waals surface area contributed by atoms with Gasteiger partial charge in [-0.3, -0.25) is 9.36 Å². The molecule has 0 fully saturated rings. The lowest BCUT2D eigenvalue weighted by molar-refractivity contribution is -0.120. The smallest absolute Gasteiger partial charge is 0.233 e. The van der Waals surface area contributed by atoms with Crippen LogP contribution in [0.4, 0.5) is 0 Å². The summed E-state index contributed by atoms with van der Waals surface area (Å²) in [5, 5.41) is 12.2. The van der Waals surface area contributed by atoms with Crippen molar-refractivity contribution in [3.05, 3.63) is 78.9 Å². The Kier molecular flexibility index (Phi) is 7.85. The van der Waals surface area contributed by atoms with Gasteiger partial charge in [-0.25, -0.2) is 0 Å². The molecule has 0 aliphatic carbocycles. The highest BCUT2D eigenvalue weighted by atomic mass is 32.2. The minimum absolute atomic E-state index is 0.00351. The van der Waals surface area contributed by atoms with Crippen molar-refractivity contribution in [3.63, 3.8) is 0 Å². The molecule has 0 unspecified atom stereocenters. The van der Waals surface area contributed by atoms with Crippen molar-refractivity contribution in [2.45, 2.75) is 43.1 Å². The number of carbonyl (C=O) groups is 1. The second-order valence-electron chi connectivity index (χ2n) is 7.09. The number of amides is 1. The summed E-state index contributed by atoms with van der Waals surface area (Å²) >= 11 is 1.42. The van der Waals surface area contributed by atoms with Crippen molar-refractivity contribution in [2.75, 3.05) is 6.54 Å². The molecule has 1 heterocycles. The average Bonchev–Trinajstić information content (AvgIpc) is 3.17. The molecule has 3 rings (SSSR count). The molecule has 0 bridgehead atoms. The Morgan fingerprint density at radius 1 is 1.13 bits per heavy atom. The molecule has 0 saturated heterocycles. The number of aromatic nitrogens is 3. The van der Waals surface area contributed by atoms with Gasteiger partial charge in [-0.05, 0) is 18.9 Å². The van der Waals surface area contributed by atoms with E-state index in [2.05, 4.69) is 41.1 Å². The van der Waals surface area contributed by atoms with Crippen LogP contribution in [0.5, 0.6) is 0 Å². The van der Waals surface area contributed by atoms with Gasteiger partial charge < -0.3 is 5.32 Å². The first-order chi connectivity index (χ1) is 14.6. The van der Waals surface area contributed by atoms with Crippen LogP contribution in [0.3, 0.4) is 0 Å². The standard InChI is InChI=1S/C24H28N4OS/c1-4-16-28-22(21-14-10-7-11-15-21)26-27-24(28)30-18(3)23(29)25-17-19(5-2)20-12-8-6-9-13-20/h4,6-15,18-19H,1,5,16-17H2,2-3H3,(H,25,29)/t18-,19-/m1/s1. The molecule has 1 N–H and O–H groups in total. The largest absolute Gasteiger partial charge is 0.355 e. The SMILES string of the molecule is C=CCn1c(S[C@H](C)C(=O)NC[C@@H](CC)c2ccccc2)nnc1-c1ccccc1. The molecular formula is C24H28N4OS. The van der Waals surface area contributed by atoms with Crippen LogP contribution in [0.15, 0.2) is 78.5 Å². The molecule has 1 amide bonds. The summed E-state index contributed by atoms with van der Waals surface area (Å²) in [5.41, 5.74) is 2.24. The molecule has 0 spiro atoms. The minimum Gasteiger partial charge on any atom is -0.355 e. The quantitative estimate of drug-likeness (QED) is 0.373. The van der Waals surface area contributed by atoms with Gasteiger partial charge >= 0.3 is 0 Å². The van der Waals surface area contributed by atoms with Crippen LogP contribution in [0.25, 0.3) is 11.4 Å². The highest BCUT2D eigenvalue weighted by Gasteiger charge is 2.21. The number of nitrogens with zero attached hydrogens (tertiary/aromatic N) is 3. The Morgan fingerprint density at radius 2 is 1.80 bits per heavy atom. The topological polar surface area (TPSA) is 59.8 Å². The van der Waals surface area contributed by atoms with Crippen molar-refractivity contribution in [1.29, 1.82) is 0 Å². The fourth-order valence-electron chi connectivity index (χ4n) is 3.27. The maximum atomic E-state index is 12.7. The molecule has 1 aromatic heterocycles. The van der Waals surface area contributed by atoms with Gasteiger partial charge in [0.25, 0.3) is 0 Å². The number of benzene rings is 2. The molecule has 2 aromatic carbocycles. The number of hydrogen-bond acceptors (Lipinski definition) is 4. The Balaban J connectivity index is 1.66. The molecule has 6 heteroatoms. The fourth-order valence-corrected chi connectivity index (χ4v) is 4.16. The van der Waals surface area contributed by atoms with Crippen LogP contribution in [0.1, 0.15) is 31.7 Å². The fraction of sp³-hybridized carbons (Fsp3) is 0.292. The molecule has 5 nitrogen and oxygen atoms in total. The Morgan fingerprint density at radius 3 is 2.43 bits per heavy atom. The Hall–Kier alpha value is -2.86. The normalized spacial score (nSPS) is 12.9. The highest BCUT2D eigenvalue weighted by Crippen LogP contribution is 2.27.